The first-order valence-electron chi connectivity index (χ1n) is 7.21. The van der Waals surface area contributed by atoms with Crippen LogP contribution in [0.15, 0.2) is 24.3 Å². The highest BCUT2D eigenvalue weighted by molar-refractivity contribution is 5.83. The van der Waals surface area contributed by atoms with Gasteiger partial charge >= 0.3 is 0 Å². The van der Waals surface area contributed by atoms with Crippen molar-refractivity contribution in [3.8, 4) is 5.75 Å². The molecule has 1 aromatic carbocycles. The lowest BCUT2D eigenvalue weighted by molar-refractivity contribution is -0.123. The van der Waals surface area contributed by atoms with Gasteiger partial charge in [-0.25, -0.2) is 0 Å². The monoisotopic (exact) mass is 277 g/mol. The summed E-state index contributed by atoms with van der Waals surface area (Å²) in [5.41, 5.74) is 1.17. The molecule has 4 nitrogen and oxygen atoms in total. The first kappa shape index (κ1) is 14.9. The lowest BCUT2D eigenvalue weighted by atomic mass is 10.1. The van der Waals surface area contributed by atoms with Crippen molar-refractivity contribution in [2.45, 2.75) is 38.1 Å². The fraction of sp³-hybridized carbons (Fsp3) is 0.562. The van der Waals surface area contributed by atoms with Gasteiger partial charge in [-0.3, -0.25) is 4.79 Å². The SMILES string of the molecule is COc1cccc(C2CC2C(=O)NC(C)CCCO)c1. The fourth-order valence-corrected chi connectivity index (χ4v) is 2.54. The summed E-state index contributed by atoms with van der Waals surface area (Å²) >= 11 is 0. The number of hydrogen-bond acceptors (Lipinski definition) is 3. The molecule has 110 valence electrons. The number of rotatable bonds is 7. The highest BCUT2D eigenvalue weighted by Gasteiger charge is 2.44. The second-order valence-corrected chi connectivity index (χ2v) is 5.50. The van der Waals surface area contributed by atoms with Crippen molar-refractivity contribution in [1.29, 1.82) is 0 Å². The molecule has 1 saturated carbocycles. The Hall–Kier alpha value is -1.55. The molecular weight excluding hydrogens is 254 g/mol. The summed E-state index contributed by atoms with van der Waals surface area (Å²) in [4.78, 5) is 12.1. The number of hydrogen-bond donors (Lipinski definition) is 2. The fourth-order valence-electron chi connectivity index (χ4n) is 2.54. The second kappa shape index (κ2) is 6.75. The largest absolute Gasteiger partial charge is 0.497 e. The second-order valence-electron chi connectivity index (χ2n) is 5.50. The van der Waals surface area contributed by atoms with Crippen LogP contribution in [0.3, 0.4) is 0 Å². The van der Waals surface area contributed by atoms with E-state index in [1.165, 1.54) is 5.56 Å². The minimum atomic E-state index is 0.0821. The molecule has 0 aromatic heterocycles. The molecule has 1 aliphatic carbocycles. The van der Waals surface area contributed by atoms with E-state index in [0.29, 0.717) is 5.92 Å². The number of carbonyl (C=O) groups excluding carboxylic acids is 1. The van der Waals surface area contributed by atoms with Gasteiger partial charge < -0.3 is 15.2 Å². The first-order chi connectivity index (χ1) is 9.65. The Labute approximate surface area is 120 Å². The van der Waals surface area contributed by atoms with Gasteiger partial charge in [0, 0.05) is 18.6 Å². The van der Waals surface area contributed by atoms with Gasteiger partial charge in [-0.15, -0.1) is 0 Å². The Balaban J connectivity index is 1.85. The quantitative estimate of drug-likeness (QED) is 0.802. The third-order valence-electron chi connectivity index (χ3n) is 3.83. The third kappa shape index (κ3) is 3.73. The molecule has 1 aliphatic rings. The maximum Gasteiger partial charge on any atom is 0.223 e. The van der Waals surface area contributed by atoms with E-state index < -0.39 is 0 Å². The first-order valence-corrected chi connectivity index (χ1v) is 7.21. The molecule has 1 fully saturated rings. The Morgan fingerprint density at radius 2 is 2.35 bits per heavy atom. The topological polar surface area (TPSA) is 58.6 Å². The van der Waals surface area contributed by atoms with Gasteiger partial charge in [-0.2, -0.15) is 0 Å². The molecular formula is C16H23NO3. The molecule has 2 N–H and O–H groups in total. The van der Waals surface area contributed by atoms with Crippen LogP contribution >= 0.6 is 0 Å². The number of nitrogens with one attached hydrogen (secondary N) is 1. The van der Waals surface area contributed by atoms with E-state index in [1.807, 2.05) is 25.1 Å². The zero-order valence-corrected chi connectivity index (χ0v) is 12.1. The molecule has 0 radical (unpaired) electrons. The van der Waals surface area contributed by atoms with Crippen LogP contribution in [0.4, 0.5) is 0 Å². The summed E-state index contributed by atoms with van der Waals surface area (Å²) in [6.45, 7) is 2.16. The van der Waals surface area contributed by atoms with E-state index in [9.17, 15) is 4.79 Å². The summed E-state index contributed by atoms with van der Waals surface area (Å²) in [6, 6.07) is 8.06. The van der Waals surface area contributed by atoms with Crippen LogP contribution in [-0.4, -0.2) is 30.8 Å². The molecule has 4 heteroatoms. The van der Waals surface area contributed by atoms with E-state index in [4.69, 9.17) is 9.84 Å². The van der Waals surface area contributed by atoms with Crippen LogP contribution < -0.4 is 10.1 Å². The predicted octanol–water partition coefficient (Wildman–Crippen LogP) is 2.08. The van der Waals surface area contributed by atoms with Crippen molar-refractivity contribution in [2.24, 2.45) is 5.92 Å². The Morgan fingerprint density at radius 3 is 3.05 bits per heavy atom. The summed E-state index contributed by atoms with van der Waals surface area (Å²) in [5.74, 6) is 1.36. The highest BCUT2D eigenvalue weighted by Crippen LogP contribution is 2.48. The number of ether oxygens (including phenoxy) is 1. The van der Waals surface area contributed by atoms with Crippen molar-refractivity contribution in [3.05, 3.63) is 29.8 Å². The number of methoxy groups -OCH3 is 1. The van der Waals surface area contributed by atoms with Gasteiger partial charge in [0.25, 0.3) is 0 Å². The molecule has 2 rings (SSSR count). The number of aliphatic hydroxyl groups excluding tert-OH is 1. The summed E-state index contributed by atoms with van der Waals surface area (Å²) in [6.07, 6.45) is 2.45. The van der Waals surface area contributed by atoms with E-state index in [2.05, 4.69) is 11.4 Å². The molecule has 0 aliphatic heterocycles. The van der Waals surface area contributed by atoms with Crippen molar-refractivity contribution < 1.29 is 14.6 Å². The minimum absolute atomic E-state index is 0.0821. The molecule has 20 heavy (non-hydrogen) atoms. The number of benzene rings is 1. The van der Waals surface area contributed by atoms with Crippen LogP contribution in [0.1, 0.15) is 37.7 Å². The van der Waals surface area contributed by atoms with Crippen LogP contribution in [0, 0.1) is 5.92 Å². The molecule has 0 saturated heterocycles. The van der Waals surface area contributed by atoms with Crippen LogP contribution in [-0.2, 0) is 4.79 Å². The Kier molecular flexibility index (Phi) is 5.01. The molecule has 0 bridgehead atoms. The normalized spacial score (nSPS) is 22.1. The van der Waals surface area contributed by atoms with Crippen LogP contribution in [0.2, 0.25) is 0 Å². The summed E-state index contributed by atoms with van der Waals surface area (Å²) in [5, 5.41) is 11.8. The summed E-state index contributed by atoms with van der Waals surface area (Å²) < 4.78 is 5.21. The van der Waals surface area contributed by atoms with Crippen molar-refractivity contribution in [2.75, 3.05) is 13.7 Å². The van der Waals surface area contributed by atoms with E-state index >= 15 is 0 Å². The van der Waals surface area contributed by atoms with Crippen molar-refractivity contribution in [3.63, 3.8) is 0 Å². The molecule has 3 atom stereocenters. The average molecular weight is 277 g/mol. The smallest absolute Gasteiger partial charge is 0.223 e. The zero-order valence-electron chi connectivity index (χ0n) is 12.1. The van der Waals surface area contributed by atoms with Crippen molar-refractivity contribution >= 4 is 5.91 Å². The number of amides is 1. The van der Waals surface area contributed by atoms with E-state index in [-0.39, 0.29) is 24.5 Å². The van der Waals surface area contributed by atoms with Gasteiger partial charge in [0.2, 0.25) is 5.91 Å². The van der Waals surface area contributed by atoms with Gasteiger partial charge in [0.1, 0.15) is 5.75 Å². The number of aliphatic hydroxyl groups is 1. The predicted molar refractivity (Wildman–Crippen MR) is 77.8 cm³/mol. The molecule has 0 spiro atoms. The maximum absolute atomic E-state index is 12.1. The minimum Gasteiger partial charge on any atom is -0.497 e. The Bertz CT molecular complexity index is 461. The molecule has 1 aromatic rings. The van der Waals surface area contributed by atoms with Crippen LogP contribution in [0.5, 0.6) is 5.75 Å². The molecule has 0 heterocycles. The molecule has 3 unspecified atom stereocenters. The Morgan fingerprint density at radius 1 is 1.55 bits per heavy atom. The van der Waals surface area contributed by atoms with Crippen LogP contribution in [0.25, 0.3) is 0 Å². The lowest BCUT2D eigenvalue weighted by Gasteiger charge is -2.13. The van der Waals surface area contributed by atoms with E-state index in [1.54, 1.807) is 7.11 Å². The van der Waals surface area contributed by atoms with Gasteiger partial charge in [-0.05, 0) is 49.8 Å². The van der Waals surface area contributed by atoms with E-state index in [0.717, 1.165) is 25.0 Å². The van der Waals surface area contributed by atoms with Gasteiger partial charge in [-0.1, -0.05) is 12.1 Å². The maximum atomic E-state index is 12.1. The highest BCUT2D eigenvalue weighted by atomic mass is 16.5. The lowest BCUT2D eigenvalue weighted by Crippen LogP contribution is -2.34. The summed E-state index contributed by atoms with van der Waals surface area (Å²) in [7, 11) is 1.65. The zero-order chi connectivity index (χ0) is 14.5. The van der Waals surface area contributed by atoms with Gasteiger partial charge in [0.05, 0.1) is 7.11 Å². The molecule has 1 amide bonds. The van der Waals surface area contributed by atoms with Gasteiger partial charge in [0.15, 0.2) is 0 Å². The average Bonchev–Trinajstić information content (AvgIpc) is 3.25. The third-order valence-corrected chi connectivity index (χ3v) is 3.83. The number of carbonyl (C=O) groups is 1. The van der Waals surface area contributed by atoms with Crippen molar-refractivity contribution in [1.82, 2.24) is 5.32 Å². The standard InChI is InChI=1S/C16H23NO3/c1-11(5-4-8-18)17-16(19)15-10-14(15)12-6-3-7-13(9-12)20-2/h3,6-7,9,11,14-15,18H,4-5,8,10H2,1-2H3,(H,17,19).